The summed E-state index contributed by atoms with van der Waals surface area (Å²) >= 11 is 0. The van der Waals surface area contributed by atoms with Gasteiger partial charge in [0.15, 0.2) is 5.78 Å². The summed E-state index contributed by atoms with van der Waals surface area (Å²) in [6.45, 7) is 4.03. The number of hydrogen-bond acceptors (Lipinski definition) is 4. The summed E-state index contributed by atoms with van der Waals surface area (Å²) in [6, 6.07) is 0. The Hall–Kier alpha value is -1.16. The maximum Gasteiger partial charge on any atom is 0.309 e. The minimum absolute atomic E-state index is 0.0397. The van der Waals surface area contributed by atoms with E-state index in [-0.39, 0.29) is 17.7 Å². The van der Waals surface area contributed by atoms with Crippen LogP contribution in [0.5, 0.6) is 0 Å². The van der Waals surface area contributed by atoms with Gasteiger partial charge in [-0.3, -0.25) is 9.59 Å². The van der Waals surface area contributed by atoms with Gasteiger partial charge in [0.2, 0.25) is 0 Å². The van der Waals surface area contributed by atoms with E-state index in [2.05, 4.69) is 6.92 Å². The van der Waals surface area contributed by atoms with Gasteiger partial charge in [-0.15, -0.1) is 0 Å². The molecule has 0 unspecified atom stereocenters. The van der Waals surface area contributed by atoms with Crippen molar-refractivity contribution in [2.45, 2.75) is 50.4 Å². The number of rotatable bonds is 0. The number of carbonyl (C=O) groups is 2. The molecular formula is C14H16O4. The highest BCUT2D eigenvalue weighted by Gasteiger charge is 2.79. The molecule has 0 N–H and O–H groups in total. The molecule has 5 atom stereocenters. The fourth-order valence-electron chi connectivity index (χ4n) is 4.62. The fourth-order valence-corrected chi connectivity index (χ4v) is 4.62. The molecule has 0 radical (unpaired) electrons. The Bertz CT molecular complexity index is 510. The van der Waals surface area contributed by atoms with E-state index in [1.807, 2.05) is 13.0 Å². The average molecular weight is 248 g/mol. The minimum Gasteiger partial charge on any atom is -0.458 e. The lowest BCUT2D eigenvalue weighted by Crippen LogP contribution is -2.52. The van der Waals surface area contributed by atoms with Gasteiger partial charge in [-0.25, -0.2) is 0 Å². The quantitative estimate of drug-likeness (QED) is 0.608. The van der Waals surface area contributed by atoms with Crippen LogP contribution >= 0.6 is 0 Å². The lowest BCUT2D eigenvalue weighted by Gasteiger charge is -2.43. The van der Waals surface area contributed by atoms with Gasteiger partial charge in [-0.1, -0.05) is 6.92 Å². The predicted octanol–water partition coefficient (Wildman–Crippen LogP) is 1.38. The molecule has 0 saturated carbocycles. The van der Waals surface area contributed by atoms with Crippen LogP contribution in [-0.2, 0) is 19.1 Å². The molecule has 18 heavy (non-hydrogen) atoms. The minimum atomic E-state index is -0.727. The molecule has 1 aliphatic carbocycles. The Kier molecular flexibility index (Phi) is 1.62. The zero-order valence-electron chi connectivity index (χ0n) is 10.6. The zero-order chi connectivity index (χ0) is 12.8. The Balaban J connectivity index is 1.96. The second kappa shape index (κ2) is 2.72. The monoisotopic (exact) mass is 248 g/mol. The van der Waals surface area contributed by atoms with E-state index in [4.69, 9.17) is 9.47 Å². The maximum atomic E-state index is 12.3. The standard InChI is InChI=1S/C14H16O4/c1-8-3-5-13-7-10(16)17-11(13)12(2)9(15)4-6-14(8,12)18-13/h4,6,8,11H,3,5,7H2,1-2H3/t8-,11+,12-,13+,14+/m0/s1. The van der Waals surface area contributed by atoms with Crippen LogP contribution in [0.25, 0.3) is 0 Å². The van der Waals surface area contributed by atoms with Gasteiger partial charge < -0.3 is 9.47 Å². The third kappa shape index (κ3) is 0.821. The SMILES string of the molecule is C[C@H]1CC[C@@]23CC(=O)O[C@@H]2[C@]2(C)C(=O)C=C[C@@]12O3. The Morgan fingerprint density at radius 2 is 2.17 bits per heavy atom. The number of esters is 1. The van der Waals surface area contributed by atoms with E-state index < -0.39 is 22.7 Å². The smallest absolute Gasteiger partial charge is 0.309 e. The van der Waals surface area contributed by atoms with E-state index in [0.717, 1.165) is 12.8 Å². The van der Waals surface area contributed by atoms with Crippen LogP contribution in [-0.4, -0.2) is 29.1 Å². The van der Waals surface area contributed by atoms with Crippen molar-refractivity contribution in [3.8, 4) is 0 Å². The normalized spacial score (nSPS) is 56.6. The van der Waals surface area contributed by atoms with Crippen molar-refractivity contribution in [3.05, 3.63) is 12.2 Å². The van der Waals surface area contributed by atoms with Crippen LogP contribution in [0.1, 0.15) is 33.1 Å². The second-order valence-corrected chi connectivity index (χ2v) is 6.35. The third-order valence-electron chi connectivity index (χ3n) is 5.61. The Labute approximate surface area is 105 Å². The molecule has 0 aromatic rings. The second-order valence-electron chi connectivity index (χ2n) is 6.35. The maximum absolute atomic E-state index is 12.3. The van der Waals surface area contributed by atoms with Gasteiger partial charge in [-0.05, 0) is 37.8 Å². The molecule has 96 valence electrons. The van der Waals surface area contributed by atoms with Crippen LogP contribution in [0, 0.1) is 11.3 Å². The number of fused-ring (bicyclic) bond motifs is 1. The van der Waals surface area contributed by atoms with Crippen molar-refractivity contribution in [2.75, 3.05) is 0 Å². The highest BCUT2D eigenvalue weighted by Crippen LogP contribution is 2.67. The average Bonchev–Trinajstić information content (AvgIpc) is 2.82. The molecule has 3 heterocycles. The molecule has 4 nitrogen and oxygen atoms in total. The van der Waals surface area contributed by atoms with E-state index in [9.17, 15) is 9.59 Å². The van der Waals surface area contributed by atoms with Gasteiger partial charge in [0.1, 0.15) is 22.7 Å². The molecule has 3 saturated heterocycles. The first-order chi connectivity index (χ1) is 8.45. The number of hydrogen-bond donors (Lipinski definition) is 0. The van der Waals surface area contributed by atoms with E-state index in [1.54, 1.807) is 6.08 Å². The van der Waals surface area contributed by atoms with Crippen molar-refractivity contribution in [1.29, 1.82) is 0 Å². The molecule has 0 aromatic heterocycles. The lowest BCUT2D eigenvalue weighted by molar-refractivity contribution is -0.165. The summed E-state index contributed by atoms with van der Waals surface area (Å²) in [5, 5.41) is 0. The number of ether oxygens (including phenoxy) is 2. The Morgan fingerprint density at radius 1 is 1.39 bits per heavy atom. The van der Waals surface area contributed by atoms with Gasteiger partial charge in [0, 0.05) is 0 Å². The first-order valence-electron chi connectivity index (χ1n) is 6.58. The van der Waals surface area contributed by atoms with Crippen molar-refractivity contribution < 1.29 is 19.1 Å². The Morgan fingerprint density at radius 3 is 2.94 bits per heavy atom. The van der Waals surface area contributed by atoms with Crippen molar-refractivity contribution in [2.24, 2.45) is 11.3 Å². The molecular weight excluding hydrogens is 232 g/mol. The van der Waals surface area contributed by atoms with E-state index in [1.165, 1.54) is 0 Å². The predicted molar refractivity (Wildman–Crippen MR) is 61.7 cm³/mol. The van der Waals surface area contributed by atoms with Crippen LogP contribution in [0.15, 0.2) is 12.2 Å². The number of allylic oxidation sites excluding steroid dienone is 1. The van der Waals surface area contributed by atoms with E-state index in [0.29, 0.717) is 6.42 Å². The molecule has 2 spiro atoms. The molecule has 4 heteroatoms. The van der Waals surface area contributed by atoms with Gasteiger partial charge >= 0.3 is 5.97 Å². The van der Waals surface area contributed by atoms with E-state index >= 15 is 0 Å². The van der Waals surface area contributed by atoms with Gasteiger partial charge in [0.05, 0.1) is 6.42 Å². The summed E-state index contributed by atoms with van der Waals surface area (Å²) in [5.41, 5.74) is -1.85. The number of carbonyl (C=O) groups excluding carboxylic acids is 2. The fraction of sp³-hybridized carbons (Fsp3) is 0.714. The summed E-state index contributed by atoms with van der Waals surface area (Å²) in [7, 11) is 0. The van der Waals surface area contributed by atoms with Gasteiger partial charge in [-0.2, -0.15) is 0 Å². The van der Waals surface area contributed by atoms with Crippen molar-refractivity contribution in [1.82, 2.24) is 0 Å². The molecule has 0 aromatic carbocycles. The largest absolute Gasteiger partial charge is 0.458 e. The molecule has 3 fully saturated rings. The summed E-state index contributed by atoms with van der Waals surface area (Å²) < 4.78 is 11.8. The first-order valence-corrected chi connectivity index (χ1v) is 6.58. The van der Waals surface area contributed by atoms with Gasteiger partial charge in [0.25, 0.3) is 0 Å². The molecule has 4 rings (SSSR count). The third-order valence-corrected chi connectivity index (χ3v) is 5.61. The van der Waals surface area contributed by atoms with Crippen LogP contribution in [0.4, 0.5) is 0 Å². The molecule has 0 amide bonds. The molecule has 2 bridgehead atoms. The van der Waals surface area contributed by atoms with Crippen LogP contribution in [0.3, 0.4) is 0 Å². The van der Waals surface area contributed by atoms with Crippen LogP contribution in [0.2, 0.25) is 0 Å². The van der Waals surface area contributed by atoms with Crippen LogP contribution < -0.4 is 0 Å². The lowest BCUT2D eigenvalue weighted by atomic mass is 9.67. The highest BCUT2D eigenvalue weighted by atomic mass is 16.6. The first kappa shape index (κ1) is 10.7. The topological polar surface area (TPSA) is 52.6 Å². The summed E-state index contributed by atoms with van der Waals surface area (Å²) in [4.78, 5) is 24.0. The summed E-state index contributed by atoms with van der Waals surface area (Å²) in [5.74, 6) is 0.0852. The summed E-state index contributed by atoms with van der Waals surface area (Å²) in [6.07, 6.45) is 5.18. The highest BCUT2D eigenvalue weighted by molar-refractivity contribution is 6.01. The number of ketones is 1. The molecule has 3 aliphatic heterocycles. The molecule has 4 aliphatic rings. The van der Waals surface area contributed by atoms with Crippen molar-refractivity contribution in [3.63, 3.8) is 0 Å². The zero-order valence-corrected chi connectivity index (χ0v) is 10.6. The van der Waals surface area contributed by atoms with Crippen molar-refractivity contribution >= 4 is 11.8 Å².